The van der Waals surface area contributed by atoms with E-state index in [0.29, 0.717) is 5.17 Å². The van der Waals surface area contributed by atoms with Crippen molar-refractivity contribution in [3.05, 3.63) is 69.5 Å². The molecule has 2 aliphatic heterocycles. The molecule has 25 heavy (non-hydrogen) atoms. The maximum atomic E-state index is 12.9. The number of hydrogen-bond acceptors (Lipinski definition) is 4. The SMILES string of the molecule is O=C1[C@H](Cl)[C@H](c2ccc(O)cc2)N=C2SC=C(c3ccc(Br)cc3)N12. The summed E-state index contributed by atoms with van der Waals surface area (Å²) in [6.07, 6.45) is 0. The number of rotatable bonds is 2. The Kier molecular flexibility index (Phi) is 4.35. The number of benzene rings is 2. The molecule has 2 atom stereocenters. The Hall–Kier alpha value is -1.76. The topological polar surface area (TPSA) is 52.9 Å². The number of hydrogen-bond donors (Lipinski definition) is 1. The lowest BCUT2D eigenvalue weighted by Gasteiger charge is -2.31. The number of carbonyl (C=O) groups is 1. The molecule has 4 rings (SSSR count). The molecule has 126 valence electrons. The number of amidine groups is 1. The van der Waals surface area contributed by atoms with Crippen LogP contribution in [0.2, 0.25) is 0 Å². The van der Waals surface area contributed by atoms with Gasteiger partial charge in [-0.05, 0) is 35.4 Å². The monoisotopic (exact) mass is 434 g/mol. The number of halogens is 2. The van der Waals surface area contributed by atoms with Gasteiger partial charge in [-0.1, -0.05) is 52.0 Å². The maximum absolute atomic E-state index is 12.9. The molecule has 0 aliphatic carbocycles. The van der Waals surface area contributed by atoms with Crippen molar-refractivity contribution < 1.29 is 9.90 Å². The number of alkyl halides is 1. The van der Waals surface area contributed by atoms with Crippen molar-refractivity contribution in [1.82, 2.24) is 4.90 Å². The van der Waals surface area contributed by atoms with Gasteiger partial charge in [0.1, 0.15) is 17.2 Å². The summed E-state index contributed by atoms with van der Waals surface area (Å²) >= 11 is 11.3. The zero-order valence-electron chi connectivity index (χ0n) is 12.8. The van der Waals surface area contributed by atoms with Gasteiger partial charge in [-0.25, -0.2) is 0 Å². The van der Waals surface area contributed by atoms with Crippen LogP contribution in [0.3, 0.4) is 0 Å². The minimum absolute atomic E-state index is 0.167. The van der Waals surface area contributed by atoms with Crippen molar-refractivity contribution in [3.8, 4) is 5.75 Å². The minimum Gasteiger partial charge on any atom is -0.508 e. The highest BCUT2D eigenvalue weighted by atomic mass is 79.9. The smallest absolute Gasteiger partial charge is 0.253 e. The van der Waals surface area contributed by atoms with Crippen molar-refractivity contribution in [2.45, 2.75) is 11.4 Å². The van der Waals surface area contributed by atoms with E-state index in [1.807, 2.05) is 29.7 Å². The molecule has 0 fully saturated rings. The molecule has 7 heteroatoms. The van der Waals surface area contributed by atoms with E-state index in [4.69, 9.17) is 11.6 Å². The summed E-state index contributed by atoms with van der Waals surface area (Å²) in [7, 11) is 0. The standard InChI is InChI=1S/C18H12BrClN2O2S/c19-12-5-1-10(2-6-12)14-9-25-18-21-16(15(20)17(24)22(14)18)11-3-7-13(23)8-4-11/h1-9,15-16,23H/t15-,16+/m1/s1. The average Bonchev–Trinajstić information content (AvgIpc) is 3.04. The van der Waals surface area contributed by atoms with Crippen LogP contribution in [-0.4, -0.2) is 26.5 Å². The quantitative estimate of drug-likeness (QED) is 0.693. The third kappa shape index (κ3) is 2.99. The van der Waals surface area contributed by atoms with E-state index >= 15 is 0 Å². The first-order valence-corrected chi connectivity index (χ1v) is 9.63. The molecule has 2 aromatic rings. The van der Waals surface area contributed by atoms with E-state index in [2.05, 4.69) is 20.9 Å². The van der Waals surface area contributed by atoms with Gasteiger partial charge in [-0.2, -0.15) is 0 Å². The van der Waals surface area contributed by atoms with Gasteiger partial charge in [0, 0.05) is 9.88 Å². The highest BCUT2D eigenvalue weighted by Crippen LogP contribution is 2.42. The van der Waals surface area contributed by atoms with Crippen molar-refractivity contribution >= 4 is 56.1 Å². The molecular formula is C18H12BrClN2O2S. The lowest BCUT2D eigenvalue weighted by Crippen LogP contribution is -2.43. The number of aliphatic imine (C=N–C) groups is 1. The van der Waals surface area contributed by atoms with Gasteiger partial charge < -0.3 is 5.11 Å². The first-order chi connectivity index (χ1) is 12.0. The van der Waals surface area contributed by atoms with Gasteiger partial charge in [0.15, 0.2) is 5.17 Å². The summed E-state index contributed by atoms with van der Waals surface area (Å²) in [5.74, 6) is -0.0235. The van der Waals surface area contributed by atoms with Crippen LogP contribution in [0.1, 0.15) is 17.2 Å². The maximum Gasteiger partial charge on any atom is 0.253 e. The predicted octanol–water partition coefficient (Wildman–Crippen LogP) is 4.75. The zero-order valence-corrected chi connectivity index (χ0v) is 15.9. The summed E-state index contributed by atoms with van der Waals surface area (Å²) in [5, 5.41) is 11.2. The molecule has 0 saturated heterocycles. The molecule has 2 heterocycles. The summed E-state index contributed by atoms with van der Waals surface area (Å²) in [6.45, 7) is 0. The number of phenols is 1. The number of thioether (sulfide) groups is 1. The first-order valence-electron chi connectivity index (χ1n) is 7.52. The molecule has 0 unspecified atom stereocenters. The second-order valence-corrected chi connectivity index (χ2v) is 7.87. The number of fused-ring (bicyclic) bond motifs is 1. The lowest BCUT2D eigenvalue weighted by molar-refractivity contribution is -0.125. The number of carbonyl (C=O) groups excluding carboxylic acids is 1. The van der Waals surface area contributed by atoms with Crippen LogP contribution < -0.4 is 0 Å². The molecule has 0 aromatic heterocycles. The van der Waals surface area contributed by atoms with Crippen LogP contribution in [0.25, 0.3) is 5.70 Å². The van der Waals surface area contributed by atoms with Crippen LogP contribution in [0.15, 0.2) is 63.4 Å². The van der Waals surface area contributed by atoms with Crippen molar-refractivity contribution in [1.29, 1.82) is 0 Å². The molecule has 1 N–H and O–H groups in total. The summed E-state index contributed by atoms with van der Waals surface area (Å²) in [4.78, 5) is 19.2. The Balaban J connectivity index is 1.69. The van der Waals surface area contributed by atoms with E-state index in [1.54, 1.807) is 29.2 Å². The Bertz CT molecular complexity index is 896. The minimum atomic E-state index is -0.800. The zero-order chi connectivity index (χ0) is 17.6. The average molecular weight is 436 g/mol. The van der Waals surface area contributed by atoms with E-state index < -0.39 is 11.4 Å². The molecular weight excluding hydrogens is 424 g/mol. The van der Waals surface area contributed by atoms with E-state index in [9.17, 15) is 9.90 Å². The van der Waals surface area contributed by atoms with Crippen LogP contribution in [-0.2, 0) is 4.79 Å². The largest absolute Gasteiger partial charge is 0.508 e. The molecule has 0 radical (unpaired) electrons. The fourth-order valence-corrected chi connectivity index (χ4v) is 4.28. The Morgan fingerprint density at radius 2 is 1.80 bits per heavy atom. The van der Waals surface area contributed by atoms with E-state index in [0.717, 1.165) is 21.3 Å². The van der Waals surface area contributed by atoms with Gasteiger partial charge in [0.2, 0.25) is 0 Å². The fourth-order valence-electron chi connectivity index (χ4n) is 2.79. The van der Waals surface area contributed by atoms with Gasteiger partial charge >= 0.3 is 0 Å². The lowest BCUT2D eigenvalue weighted by atomic mass is 10.0. The molecule has 0 saturated carbocycles. The number of amides is 1. The van der Waals surface area contributed by atoms with Crippen LogP contribution in [0, 0.1) is 0 Å². The van der Waals surface area contributed by atoms with Crippen molar-refractivity contribution in [3.63, 3.8) is 0 Å². The Morgan fingerprint density at radius 3 is 2.48 bits per heavy atom. The Labute approximate surface area is 162 Å². The highest BCUT2D eigenvalue weighted by Gasteiger charge is 2.42. The fraction of sp³-hybridized carbons (Fsp3) is 0.111. The molecule has 2 aliphatic rings. The summed E-state index contributed by atoms with van der Waals surface area (Å²) < 4.78 is 0.976. The van der Waals surface area contributed by atoms with Gasteiger partial charge in [0.05, 0.1) is 5.70 Å². The molecule has 2 aromatic carbocycles. The normalized spacial score (nSPS) is 22.5. The third-order valence-corrected chi connectivity index (χ3v) is 5.86. The van der Waals surface area contributed by atoms with E-state index in [-0.39, 0.29) is 11.7 Å². The second-order valence-electron chi connectivity index (χ2n) is 5.65. The number of phenolic OH excluding ortho intramolecular Hbond substituents is 1. The van der Waals surface area contributed by atoms with Gasteiger partial charge in [-0.15, -0.1) is 11.6 Å². The highest BCUT2D eigenvalue weighted by molar-refractivity contribution is 9.10. The van der Waals surface area contributed by atoms with Gasteiger partial charge in [0.25, 0.3) is 5.91 Å². The van der Waals surface area contributed by atoms with Crippen molar-refractivity contribution in [2.24, 2.45) is 4.99 Å². The van der Waals surface area contributed by atoms with Gasteiger partial charge in [-0.3, -0.25) is 14.7 Å². The third-order valence-electron chi connectivity index (χ3n) is 4.07. The molecule has 1 amide bonds. The molecule has 4 nitrogen and oxygen atoms in total. The molecule has 0 spiro atoms. The van der Waals surface area contributed by atoms with E-state index in [1.165, 1.54) is 11.8 Å². The van der Waals surface area contributed by atoms with Crippen LogP contribution in [0.5, 0.6) is 5.75 Å². The Morgan fingerprint density at radius 1 is 1.12 bits per heavy atom. The second kappa shape index (κ2) is 6.52. The number of aromatic hydroxyl groups is 1. The van der Waals surface area contributed by atoms with Crippen LogP contribution >= 0.6 is 39.3 Å². The number of nitrogens with zero attached hydrogens (tertiary/aromatic N) is 2. The van der Waals surface area contributed by atoms with Crippen molar-refractivity contribution in [2.75, 3.05) is 0 Å². The predicted molar refractivity (Wildman–Crippen MR) is 104 cm³/mol. The first kappa shape index (κ1) is 16.7. The molecule has 0 bridgehead atoms. The summed E-state index contributed by atoms with van der Waals surface area (Å²) in [6, 6.07) is 13.9. The van der Waals surface area contributed by atoms with Crippen LogP contribution in [0.4, 0.5) is 0 Å². The summed E-state index contributed by atoms with van der Waals surface area (Å²) in [5.41, 5.74) is 2.52.